The molecule has 15 heteroatoms. The summed E-state index contributed by atoms with van der Waals surface area (Å²) in [5.74, 6) is -6.10. The van der Waals surface area contributed by atoms with Crippen molar-refractivity contribution in [2.24, 2.45) is 16.7 Å². The highest BCUT2D eigenvalue weighted by Crippen LogP contribution is 2.65. The van der Waals surface area contributed by atoms with Crippen molar-refractivity contribution in [2.75, 3.05) is 6.61 Å². The van der Waals surface area contributed by atoms with Gasteiger partial charge in [0.15, 0.2) is 17.5 Å². The van der Waals surface area contributed by atoms with E-state index in [0.29, 0.717) is 5.57 Å². The summed E-state index contributed by atoms with van der Waals surface area (Å²) in [4.78, 5) is 83.5. The van der Waals surface area contributed by atoms with Crippen LogP contribution >= 0.6 is 11.3 Å². The molecule has 1 aromatic rings. The number of carbonyl (C=O) groups is 6. The molecule has 0 aromatic carbocycles. The fraction of sp³-hybridized carbons (Fsp3) is 0.656. The maximum atomic E-state index is 15.3. The molecule has 1 aromatic heterocycles. The summed E-state index contributed by atoms with van der Waals surface area (Å²) in [6, 6.07) is 0. The van der Waals surface area contributed by atoms with Crippen LogP contribution in [0.15, 0.2) is 22.9 Å². The van der Waals surface area contributed by atoms with Crippen molar-refractivity contribution >= 4 is 47.0 Å². The maximum Gasteiger partial charge on any atom is 0.350 e. The van der Waals surface area contributed by atoms with Crippen molar-refractivity contribution in [2.45, 2.75) is 110 Å². The van der Waals surface area contributed by atoms with Crippen LogP contribution in [-0.2, 0) is 52.4 Å². The highest BCUT2D eigenvalue weighted by Gasteiger charge is 2.79. The number of esters is 5. The van der Waals surface area contributed by atoms with E-state index in [9.17, 15) is 29.1 Å². The summed E-state index contributed by atoms with van der Waals surface area (Å²) in [6.07, 6.45) is -5.89. The predicted molar refractivity (Wildman–Crippen MR) is 159 cm³/mol. The van der Waals surface area contributed by atoms with E-state index in [0.717, 1.165) is 25.2 Å². The molecule has 47 heavy (non-hydrogen) atoms. The Hall–Kier alpha value is -3.69. The van der Waals surface area contributed by atoms with Crippen LogP contribution in [0.5, 0.6) is 0 Å². The Labute approximate surface area is 275 Å². The molecule has 256 valence electrons. The third-order valence-electron chi connectivity index (χ3n) is 10.4. The molecular formula is C32H39NO13S. The minimum atomic E-state index is -2.20. The molecule has 3 aliphatic carbocycles. The lowest BCUT2D eigenvalue weighted by molar-refractivity contribution is -0.346. The number of ketones is 1. The van der Waals surface area contributed by atoms with Gasteiger partial charge >= 0.3 is 29.8 Å². The Kier molecular flexibility index (Phi) is 8.68. The van der Waals surface area contributed by atoms with Crippen LogP contribution in [-0.4, -0.2) is 94.0 Å². The molecule has 1 aliphatic heterocycles. The number of hydrogen-bond acceptors (Lipinski definition) is 15. The van der Waals surface area contributed by atoms with Gasteiger partial charge in [-0.1, -0.05) is 13.8 Å². The highest BCUT2D eigenvalue weighted by molar-refractivity contribution is 7.11. The van der Waals surface area contributed by atoms with E-state index >= 15 is 4.79 Å². The molecule has 14 nitrogen and oxygen atoms in total. The van der Waals surface area contributed by atoms with Crippen molar-refractivity contribution in [3.05, 3.63) is 27.7 Å². The molecule has 9 atom stereocenters. The van der Waals surface area contributed by atoms with E-state index < -0.39 is 94.1 Å². The number of carbonyl (C=O) groups excluding carboxylic acids is 6. The molecule has 2 saturated carbocycles. The molecule has 2 heterocycles. The molecule has 0 unspecified atom stereocenters. The Morgan fingerprint density at radius 1 is 0.957 bits per heavy atom. The number of aliphatic hydroxyl groups is 1. The molecule has 1 saturated heterocycles. The third-order valence-corrected chi connectivity index (χ3v) is 11.1. The molecular weight excluding hydrogens is 638 g/mol. The number of aromatic nitrogens is 1. The van der Waals surface area contributed by atoms with Gasteiger partial charge in [-0.2, -0.15) is 0 Å². The highest BCUT2D eigenvalue weighted by atomic mass is 32.1. The van der Waals surface area contributed by atoms with Crippen molar-refractivity contribution in [1.82, 2.24) is 4.98 Å². The average molecular weight is 678 g/mol. The largest absolute Gasteiger partial charge is 0.461 e. The SMILES string of the molecule is CC(=O)O[C@H]1C(=O)[C@]2(C)[C@@H](OC(C)=O)C[C@H]3OC[C@@]3(OC(C)=O)[C@H]2[C@H](OC(=O)c2cncs2)[C@]2(O)C[C@H](OC(C)=O)C(C)=C1C2(C)C. The Morgan fingerprint density at radius 2 is 1.60 bits per heavy atom. The van der Waals surface area contributed by atoms with E-state index in [4.69, 9.17) is 28.4 Å². The van der Waals surface area contributed by atoms with Gasteiger partial charge in [-0.05, 0) is 25.0 Å². The average Bonchev–Trinajstić information content (AvgIpc) is 3.49. The van der Waals surface area contributed by atoms with Gasteiger partial charge in [0.2, 0.25) is 0 Å². The second kappa shape index (κ2) is 11.8. The van der Waals surface area contributed by atoms with Crippen LogP contribution in [0.1, 0.15) is 77.9 Å². The predicted octanol–water partition coefficient (Wildman–Crippen LogP) is 2.25. The quantitative estimate of drug-likeness (QED) is 0.262. The van der Waals surface area contributed by atoms with E-state index in [-0.39, 0.29) is 29.9 Å². The van der Waals surface area contributed by atoms with Crippen molar-refractivity contribution < 1.29 is 62.3 Å². The van der Waals surface area contributed by atoms with Gasteiger partial charge in [-0.3, -0.25) is 29.0 Å². The standard InChI is InChI=1S/C32H39NO13S/c1-14-19(42-15(2)34)10-32(40)27(45-28(39)20-11-33-13-47-20)25-30(8,26(38)24(44-17(4)36)23(14)29(32,6)7)21(43-16(3)35)9-22-31(25,12-41-22)46-18(5)37/h11,13,19,21-22,24-25,27,40H,9-10,12H2,1-8H3/t19-,21-,22+,24+,25-,27-,30+,31-,32+/m0/s1. The topological polar surface area (TPSA) is 191 Å². The first-order valence-electron chi connectivity index (χ1n) is 15.2. The van der Waals surface area contributed by atoms with Gasteiger partial charge in [0.05, 0.1) is 29.6 Å². The van der Waals surface area contributed by atoms with Crippen LogP contribution in [0.25, 0.3) is 0 Å². The van der Waals surface area contributed by atoms with Crippen LogP contribution in [0, 0.1) is 16.7 Å². The molecule has 2 bridgehead atoms. The zero-order chi connectivity index (χ0) is 34.9. The summed E-state index contributed by atoms with van der Waals surface area (Å²) in [7, 11) is 0. The zero-order valence-corrected chi connectivity index (χ0v) is 28.3. The number of nitrogens with zero attached hydrogens (tertiary/aromatic N) is 1. The number of Topliss-reactive ketones (excluding diaryl/α,β-unsaturated/α-hetero) is 1. The molecule has 0 radical (unpaired) electrons. The lowest BCUT2D eigenvalue weighted by atomic mass is 9.44. The van der Waals surface area contributed by atoms with Gasteiger partial charge < -0.3 is 33.5 Å². The number of ether oxygens (including phenoxy) is 6. The summed E-state index contributed by atoms with van der Waals surface area (Å²) in [6.45, 7) is 10.7. The lowest BCUT2D eigenvalue weighted by Crippen LogP contribution is -2.82. The minimum Gasteiger partial charge on any atom is -0.461 e. The first kappa shape index (κ1) is 34.6. The zero-order valence-electron chi connectivity index (χ0n) is 27.4. The van der Waals surface area contributed by atoms with Crippen molar-refractivity contribution in [3.8, 4) is 0 Å². The van der Waals surface area contributed by atoms with Crippen LogP contribution in [0.4, 0.5) is 0 Å². The van der Waals surface area contributed by atoms with Crippen LogP contribution < -0.4 is 0 Å². The number of fused-ring (bicyclic) bond motifs is 5. The molecule has 0 spiro atoms. The monoisotopic (exact) mass is 677 g/mol. The van der Waals surface area contributed by atoms with Gasteiger partial charge in [0.1, 0.15) is 34.9 Å². The van der Waals surface area contributed by atoms with Gasteiger partial charge in [0, 0.05) is 46.0 Å². The Morgan fingerprint density at radius 3 is 2.11 bits per heavy atom. The Balaban J connectivity index is 1.90. The van der Waals surface area contributed by atoms with Crippen LogP contribution in [0.3, 0.4) is 0 Å². The van der Waals surface area contributed by atoms with Crippen molar-refractivity contribution in [3.63, 3.8) is 0 Å². The van der Waals surface area contributed by atoms with E-state index in [1.54, 1.807) is 20.8 Å². The molecule has 4 aliphatic rings. The molecule has 1 N–H and O–H groups in total. The second-order valence-corrected chi connectivity index (χ2v) is 14.3. The van der Waals surface area contributed by atoms with E-state index in [1.807, 2.05) is 0 Å². The molecule has 3 fully saturated rings. The normalized spacial score (nSPS) is 37.1. The van der Waals surface area contributed by atoms with Gasteiger partial charge in [-0.25, -0.2) is 4.79 Å². The number of thiazole rings is 1. The van der Waals surface area contributed by atoms with Gasteiger partial charge in [-0.15, -0.1) is 11.3 Å². The first-order valence-corrected chi connectivity index (χ1v) is 16.1. The third kappa shape index (κ3) is 5.26. The lowest BCUT2D eigenvalue weighted by Gasteiger charge is -2.67. The summed E-state index contributed by atoms with van der Waals surface area (Å²) >= 11 is 0.981. The maximum absolute atomic E-state index is 15.3. The Bertz CT molecular complexity index is 1550. The smallest absolute Gasteiger partial charge is 0.350 e. The van der Waals surface area contributed by atoms with Crippen LogP contribution in [0.2, 0.25) is 0 Å². The fourth-order valence-electron chi connectivity index (χ4n) is 8.30. The second-order valence-electron chi connectivity index (χ2n) is 13.4. The fourth-order valence-corrected chi connectivity index (χ4v) is 8.80. The van der Waals surface area contributed by atoms with E-state index in [2.05, 4.69) is 4.98 Å². The molecule has 5 rings (SSSR count). The van der Waals surface area contributed by atoms with E-state index in [1.165, 1.54) is 32.5 Å². The summed E-state index contributed by atoms with van der Waals surface area (Å²) in [5, 5.41) is 13.2. The van der Waals surface area contributed by atoms with Gasteiger partial charge in [0.25, 0.3) is 0 Å². The first-order chi connectivity index (χ1) is 21.8. The number of hydrogen-bond donors (Lipinski definition) is 1. The summed E-state index contributed by atoms with van der Waals surface area (Å²) in [5.41, 5.74) is -5.42. The minimum absolute atomic E-state index is 0.0777. The summed E-state index contributed by atoms with van der Waals surface area (Å²) < 4.78 is 35.4. The number of rotatable bonds is 6. The van der Waals surface area contributed by atoms with Crippen molar-refractivity contribution in [1.29, 1.82) is 0 Å². The molecule has 0 amide bonds.